The largest absolute Gasteiger partial charge is 0.399 e. The van der Waals surface area contributed by atoms with E-state index in [1.165, 1.54) is 22.3 Å². The van der Waals surface area contributed by atoms with Crippen LogP contribution in [0, 0.1) is 0 Å². The highest BCUT2D eigenvalue weighted by Gasteiger charge is 2.06. The van der Waals surface area contributed by atoms with Crippen LogP contribution >= 0.6 is 0 Å². The average Bonchev–Trinajstić information content (AvgIpc) is 2.67. The summed E-state index contributed by atoms with van der Waals surface area (Å²) in [6.45, 7) is 2.99. The Hall–Kier alpha value is -2.84. The lowest BCUT2D eigenvalue weighted by Crippen LogP contribution is -2.18. The van der Waals surface area contributed by atoms with Crippen LogP contribution in [0.25, 0.3) is 5.57 Å². The molecule has 0 aliphatic rings. The zero-order valence-electron chi connectivity index (χ0n) is 14.5. The first-order valence-electron chi connectivity index (χ1n) is 8.64. The number of hydrogen-bond donors (Lipinski definition) is 2. The molecule has 2 heteroatoms. The Balaban J connectivity index is 1.79. The molecule has 1 atom stereocenters. The lowest BCUT2D eigenvalue weighted by Gasteiger charge is -2.14. The predicted molar refractivity (Wildman–Crippen MR) is 107 cm³/mol. The van der Waals surface area contributed by atoms with Gasteiger partial charge >= 0.3 is 0 Å². The highest BCUT2D eigenvalue weighted by Crippen LogP contribution is 2.24. The molecule has 0 radical (unpaired) electrons. The molecular formula is C23H24N2. The first-order valence-corrected chi connectivity index (χ1v) is 8.64. The van der Waals surface area contributed by atoms with Crippen LogP contribution in [-0.4, -0.2) is 6.54 Å². The molecule has 0 fully saturated rings. The van der Waals surface area contributed by atoms with Crippen LogP contribution in [0.4, 0.5) is 5.69 Å². The number of nitrogen functional groups attached to an aromatic ring is 1. The average molecular weight is 328 g/mol. The number of rotatable bonds is 6. The van der Waals surface area contributed by atoms with Crippen molar-refractivity contribution in [2.45, 2.75) is 13.0 Å². The minimum absolute atomic E-state index is 0.306. The van der Waals surface area contributed by atoms with Gasteiger partial charge in [0.2, 0.25) is 0 Å². The molecular weight excluding hydrogens is 304 g/mol. The zero-order chi connectivity index (χ0) is 17.5. The highest BCUT2D eigenvalue weighted by molar-refractivity contribution is 5.80. The Bertz CT molecular complexity index is 806. The summed E-state index contributed by atoms with van der Waals surface area (Å²) >= 11 is 0. The summed E-state index contributed by atoms with van der Waals surface area (Å²) < 4.78 is 0. The minimum atomic E-state index is 0.306. The molecule has 0 spiro atoms. The van der Waals surface area contributed by atoms with E-state index in [1.54, 1.807) is 0 Å². The zero-order valence-corrected chi connectivity index (χ0v) is 14.5. The van der Waals surface area contributed by atoms with E-state index >= 15 is 0 Å². The smallest absolute Gasteiger partial charge is 0.0314 e. The lowest BCUT2D eigenvalue weighted by atomic mass is 9.97. The molecule has 0 saturated heterocycles. The van der Waals surface area contributed by atoms with E-state index in [0.717, 1.165) is 12.2 Å². The Morgan fingerprint density at radius 3 is 2.04 bits per heavy atom. The maximum absolute atomic E-state index is 5.84. The first-order chi connectivity index (χ1) is 12.2. The van der Waals surface area contributed by atoms with Crippen LogP contribution in [0.1, 0.15) is 29.7 Å². The summed E-state index contributed by atoms with van der Waals surface area (Å²) in [7, 11) is 0. The number of benzene rings is 3. The molecule has 2 nitrogen and oxygen atoms in total. The van der Waals surface area contributed by atoms with E-state index in [9.17, 15) is 0 Å². The molecule has 0 heterocycles. The van der Waals surface area contributed by atoms with Crippen molar-refractivity contribution in [3.05, 3.63) is 108 Å². The summed E-state index contributed by atoms with van der Waals surface area (Å²) in [4.78, 5) is 0. The summed E-state index contributed by atoms with van der Waals surface area (Å²) in [5.74, 6) is 0. The van der Waals surface area contributed by atoms with Crippen molar-refractivity contribution < 1.29 is 0 Å². The van der Waals surface area contributed by atoms with Gasteiger partial charge in [0, 0.05) is 18.3 Å². The quantitative estimate of drug-likeness (QED) is 0.621. The number of nitrogens with one attached hydrogen (secondary N) is 1. The molecule has 0 aromatic heterocycles. The topological polar surface area (TPSA) is 38.0 Å². The summed E-state index contributed by atoms with van der Waals surface area (Å²) in [6.07, 6.45) is 2.25. The van der Waals surface area contributed by atoms with Crippen molar-refractivity contribution in [2.24, 2.45) is 0 Å². The maximum Gasteiger partial charge on any atom is 0.0314 e. The van der Waals surface area contributed by atoms with Crippen LogP contribution in [0.2, 0.25) is 0 Å². The van der Waals surface area contributed by atoms with E-state index < -0.39 is 0 Å². The van der Waals surface area contributed by atoms with E-state index in [-0.39, 0.29) is 0 Å². The molecule has 0 saturated carbocycles. The van der Waals surface area contributed by atoms with Crippen molar-refractivity contribution in [2.75, 3.05) is 12.3 Å². The van der Waals surface area contributed by atoms with Crippen molar-refractivity contribution in [3.63, 3.8) is 0 Å². The second-order valence-corrected chi connectivity index (χ2v) is 6.15. The number of hydrogen-bond acceptors (Lipinski definition) is 2. The number of anilines is 1. The molecule has 0 bridgehead atoms. The SMILES string of the molecule is C[C@@H](NC/C=C(/c1ccccc1)c1ccc(N)cc1)c1ccccc1. The fourth-order valence-corrected chi connectivity index (χ4v) is 2.88. The monoisotopic (exact) mass is 328 g/mol. The first kappa shape index (κ1) is 17.0. The van der Waals surface area contributed by atoms with Gasteiger partial charge in [-0.1, -0.05) is 78.9 Å². The van der Waals surface area contributed by atoms with Gasteiger partial charge in [0.15, 0.2) is 0 Å². The van der Waals surface area contributed by atoms with Crippen molar-refractivity contribution in [3.8, 4) is 0 Å². The van der Waals surface area contributed by atoms with E-state index in [1.807, 2.05) is 24.3 Å². The van der Waals surface area contributed by atoms with Gasteiger partial charge in [-0.15, -0.1) is 0 Å². The van der Waals surface area contributed by atoms with Gasteiger partial charge in [0.05, 0.1) is 0 Å². The summed E-state index contributed by atoms with van der Waals surface area (Å²) in [6, 6.07) is 29.3. The van der Waals surface area contributed by atoms with Crippen molar-refractivity contribution in [1.29, 1.82) is 0 Å². The molecule has 25 heavy (non-hydrogen) atoms. The Morgan fingerprint density at radius 2 is 1.40 bits per heavy atom. The molecule has 0 amide bonds. The van der Waals surface area contributed by atoms with Crippen LogP contribution in [0.5, 0.6) is 0 Å². The van der Waals surface area contributed by atoms with E-state index in [0.29, 0.717) is 6.04 Å². The van der Waals surface area contributed by atoms with Gasteiger partial charge < -0.3 is 11.1 Å². The minimum Gasteiger partial charge on any atom is -0.399 e. The van der Waals surface area contributed by atoms with E-state index in [4.69, 9.17) is 5.73 Å². The van der Waals surface area contributed by atoms with Gasteiger partial charge in [-0.2, -0.15) is 0 Å². The molecule has 126 valence electrons. The van der Waals surface area contributed by atoms with E-state index in [2.05, 4.69) is 79.0 Å². The normalized spacial score (nSPS) is 12.8. The molecule has 3 aromatic carbocycles. The molecule has 3 rings (SSSR count). The number of nitrogens with two attached hydrogens (primary N) is 1. The Labute approximate surface area is 150 Å². The predicted octanol–water partition coefficient (Wildman–Crippen LogP) is 5.05. The third kappa shape index (κ3) is 4.59. The molecule has 3 aromatic rings. The maximum atomic E-state index is 5.84. The third-order valence-corrected chi connectivity index (χ3v) is 4.34. The molecule has 0 aliphatic carbocycles. The Kier molecular flexibility index (Phi) is 5.65. The fraction of sp³-hybridized carbons (Fsp3) is 0.130. The van der Waals surface area contributed by atoms with Gasteiger partial charge in [-0.05, 0) is 41.3 Å². The summed E-state index contributed by atoms with van der Waals surface area (Å²) in [5, 5.41) is 3.58. The van der Waals surface area contributed by atoms with Crippen molar-refractivity contribution in [1.82, 2.24) is 5.32 Å². The Morgan fingerprint density at radius 1 is 0.840 bits per heavy atom. The lowest BCUT2D eigenvalue weighted by molar-refractivity contribution is 0.618. The second kappa shape index (κ2) is 8.32. The van der Waals surface area contributed by atoms with Gasteiger partial charge in [-0.3, -0.25) is 0 Å². The van der Waals surface area contributed by atoms with Crippen LogP contribution in [0.3, 0.4) is 0 Å². The van der Waals surface area contributed by atoms with Crippen LogP contribution < -0.4 is 11.1 Å². The highest BCUT2D eigenvalue weighted by atomic mass is 14.9. The third-order valence-electron chi connectivity index (χ3n) is 4.34. The van der Waals surface area contributed by atoms with Gasteiger partial charge in [-0.25, -0.2) is 0 Å². The van der Waals surface area contributed by atoms with Crippen LogP contribution in [-0.2, 0) is 0 Å². The van der Waals surface area contributed by atoms with Crippen molar-refractivity contribution >= 4 is 11.3 Å². The fourth-order valence-electron chi connectivity index (χ4n) is 2.88. The van der Waals surface area contributed by atoms with Crippen LogP contribution in [0.15, 0.2) is 91.0 Å². The molecule has 3 N–H and O–H groups in total. The molecule has 0 unspecified atom stereocenters. The van der Waals surface area contributed by atoms with Gasteiger partial charge in [0.1, 0.15) is 0 Å². The molecule has 0 aliphatic heterocycles. The standard InChI is InChI=1S/C23H24N2/c1-18(19-8-4-2-5-9-19)25-17-16-23(20-10-6-3-7-11-20)21-12-14-22(24)15-13-21/h2-16,18,25H,17,24H2,1H3/b23-16-/t18-/m1/s1. The second-order valence-electron chi connectivity index (χ2n) is 6.15. The van der Waals surface area contributed by atoms with Gasteiger partial charge in [0.25, 0.3) is 0 Å². The summed E-state index contributed by atoms with van der Waals surface area (Å²) in [5.41, 5.74) is 11.5.